The zero-order valence-electron chi connectivity index (χ0n) is 15.3. The molecule has 2 amide bonds. The minimum Gasteiger partial charge on any atom is -0.310 e. The number of hydrogen-bond acceptors (Lipinski definition) is 4. The smallest absolute Gasteiger partial charge is 0.310 e. The monoisotopic (exact) mass is 380 g/mol. The van der Waals surface area contributed by atoms with E-state index in [0.717, 1.165) is 37.8 Å². The normalized spacial score (nSPS) is 30.0. The number of urea groups is 1. The van der Waals surface area contributed by atoms with Gasteiger partial charge < -0.3 is 10.2 Å². The van der Waals surface area contributed by atoms with E-state index in [1.807, 2.05) is 7.05 Å². The molecule has 4 rings (SSSR count). The highest BCUT2D eigenvalue weighted by atomic mass is 32.2. The van der Waals surface area contributed by atoms with E-state index in [-0.39, 0.29) is 0 Å². The summed E-state index contributed by atoms with van der Waals surface area (Å²) < 4.78 is 28.6. The topological polar surface area (TPSA) is 81.8 Å². The quantitative estimate of drug-likeness (QED) is 0.779. The standard InChI is InChI=1S/C18H28N4O3S/c1-21-8-10-22(11-9-21)26(24,25)20-18(23)19-17-15-6-2-4-13(15)12-14-5-3-7-16(14)17/h12-13,15H,2-11H2,1H3,(H2,19,20,23). The molecule has 1 saturated heterocycles. The summed E-state index contributed by atoms with van der Waals surface area (Å²) in [5.41, 5.74) is 3.60. The molecule has 144 valence electrons. The molecule has 4 aliphatic rings. The fourth-order valence-corrected chi connectivity index (χ4v) is 5.87. The van der Waals surface area contributed by atoms with E-state index in [2.05, 4.69) is 21.0 Å². The summed E-state index contributed by atoms with van der Waals surface area (Å²) >= 11 is 0. The van der Waals surface area contributed by atoms with Gasteiger partial charge in [0.25, 0.3) is 0 Å². The van der Waals surface area contributed by atoms with Crippen molar-refractivity contribution in [2.45, 2.75) is 38.5 Å². The SMILES string of the molecule is CN1CCN(S(=O)(=O)NC(=O)NC2=C3CCCC3=CC3CCCC23)CC1. The highest BCUT2D eigenvalue weighted by molar-refractivity contribution is 7.87. The number of piperazine rings is 1. The van der Waals surface area contributed by atoms with Crippen LogP contribution in [0.5, 0.6) is 0 Å². The Hall–Kier alpha value is -1.38. The number of nitrogens with one attached hydrogen (secondary N) is 2. The van der Waals surface area contributed by atoms with E-state index in [1.165, 1.54) is 21.9 Å². The first-order valence-electron chi connectivity index (χ1n) is 9.65. The van der Waals surface area contributed by atoms with Gasteiger partial charge in [-0.3, -0.25) is 0 Å². The molecular formula is C18H28N4O3S. The summed E-state index contributed by atoms with van der Waals surface area (Å²) in [5.74, 6) is 0.834. The maximum absolute atomic E-state index is 12.5. The number of likely N-dealkylation sites (N-methyl/N-ethyl adjacent to an activating group) is 1. The van der Waals surface area contributed by atoms with E-state index in [4.69, 9.17) is 0 Å². The fraction of sp³-hybridized carbons (Fsp3) is 0.722. The van der Waals surface area contributed by atoms with Crippen molar-refractivity contribution in [1.29, 1.82) is 0 Å². The molecule has 1 aliphatic heterocycles. The van der Waals surface area contributed by atoms with Crippen molar-refractivity contribution < 1.29 is 13.2 Å². The first-order chi connectivity index (χ1) is 12.4. The van der Waals surface area contributed by atoms with Crippen LogP contribution in [0.4, 0.5) is 4.79 Å². The average molecular weight is 381 g/mol. The molecule has 2 unspecified atom stereocenters. The highest BCUT2D eigenvalue weighted by Gasteiger charge is 2.37. The van der Waals surface area contributed by atoms with E-state index in [9.17, 15) is 13.2 Å². The van der Waals surface area contributed by atoms with Crippen LogP contribution in [-0.4, -0.2) is 56.9 Å². The van der Waals surface area contributed by atoms with Crippen LogP contribution >= 0.6 is 0 Å². The highest BCUT2D eigenvalue weighted by Crippen LogP contribution is 2.47. The predicted octanol–water partition coefficient (Wildman–Crippen LogP) is 1.57. The molecule has 1 heterocycles. The van der Waals surface area contributed by atoms with Crippen LogP contribution in [0.25, 0.3) is 0 Å². The molecule has 3 fully saturated rings. The van der Waals surface area contributed by atoms with Gasteiger partial charge in [0.15, 0.2) is 0 Å². The zero-order chi connectivity index (χ0) is 18.3. The Labute approximate surface area is 155 Å². The Morgan fingerprint density at radius 1 is 1.12 bits per heavy atom. The van der Waals surface area contributed by atoms with Gasteiger partial charge in [-0.05, 0) is 56.2 Å². The Balaban J connectivity index is 1.46. The molecule has 26 heavy (non-hydrogen) atoms. The number of carbonyl (C=O) groups excluding carboxylic acids is 1. The average Bonchev–Trinajstić information content (AvgIpc) is 3.23. The van der Waals surface area contributed by atoms with E-state index < -0.39 is 16.2 Å². The van der Waals surface area contributed by atoms with Gasteiger partial charge in [-0.25, -0.2) is 9.52 Å². The molecule has 0 spiro atoms. The summed E-state index contributed by atoms with van der Waals surface area (Å²) in [6, 6.07) is -0.620. The van der Waals surface area contributed by atoms with Gasteiger partial charge in [0.05, 0.1) is 0 Å². The number of hydrogen-bond donors (Lipinski definition) is 2. The molecular weight excluding hydrogens is 352 g/mol. The third-order valence-corrected chi connectivity index (χ3v) is 7.70. The van der Waals surface area contributed by atoms with Gasteiger partial charge in [0.1, 0.15) is 0 Å². The van der Waals surface area contributed by atoms with E-state index in [0.29, 0.717) is 38.0 Å². The van der Waals surface area contributed by atoms with Crippen molar-refractivity contribution in [1.82, 2.24) is 19.2 Å². The lowest BCUT2D eigenvalue weighted by atomic mass is 9.82. The minimum atomic E-state index is -3.79. The number of amides is 2. The third-order valence-electron chi connectivity index (χ3n) is 6.21. The van der Waals surface area contributed by atoms with Crippen LogP contribution in [0.2, 0.25) is 0 Å². The second-order valence-corrected chi connectivity index (χ2v) is 9.57. The maximum Gasteiger partial charge on any atom is 0.333 e. The molecule has 0 radical (unpaired) electrons. The third kappa shape index (κ3) is 3.42. The molecule has 8 heteroatoms. The lowest BCUT2D eigenvalue weighted by Crippen LogP contribution is -2.53. The van der Waals surface area contributed by atoms with Crippen LogP contribution in [0.3, 0.4) is 0 Å². The van der Waals surface area contributed by atoms with E-state index >= 15 is 0 Å². The van der Waals surface area contributed by atoms with Crippen LogP contribution in [0, 0.1) is 11.8 Å². The van der Waals surface area contributed by atoms with Crippen LogP contribution in [0.1, 0.15) is 38.5 Å². The molecule has 0 bridgehead atoms. The summed E-state index contributed by atoms with van der Waals surface area (Å²) in [6.45, 7) is 2.17. The maximum atomic E-state index is 12.5. The van der Waals surface area contributed by atoms with Gasteiger partial charge in [0, 0.05) is 37.8 Å². The summed E-state index contributed by atoms with van der Waals surface area (Å²) in [5, 5.41) is 2.94. The molecule has 2 saturated carbocycles. The molecule has 0 aromatic heterocycles. The zero-order valence-corrected chi connectivity index (χ0v) is 16.1. The largest absolute Gasteiger partial charge is 0.333 e. The Morgan fingerprint density at radius 2 is 1.88 bits per heavy atom. The summed E-state index contributed by atoms with van der Waals surface area (Å²) in [4.78, 5) is 14.6. The van der Waals surface area contributed by atoms with Gasteiger partial charge in [-0.1, -0.05) is 12.5 Å². The molecule has 0 aromatic rings. The summed E-state index contributed by atoms with van der Waals surface area (Å²) in [7, 11) is -1.83. The van der Waals surface area contributed by atoms with Gasteiger partial charge >= 0.3 is 16.2 Å². The number of carbonyl (C=O) groups is 1. The van der Waals surface area contributed by atoms with Crippen LogP contribution < -0.4 is 10.0 Å². The lowest BCUT2D eigenvalue weighted by molar-refractivity contribution is 0.219. The van der Waals surface area contributed by atoms with Crippen molar-refractivity contribution in [3.8, 4) is 0 Å². The Morgan fingerprint density at radius 3 is 2.65 bits per heavy atom. The molecule has 2 N–H and O–H groups in total. The van der Waals surface area contributed by atoms with Gasteiger partial charge in [0.2, 0.25) is 0 Å². The predicted molar refractivity (Wildman–Crippen MR) is 99.4 cm³/mol. The lowest BCUT2D eigenvalue weighted by Gasteiger charge is -2.32. The Kier molecular flexibility index (Phi) is 4.83. The molecule has 3 aliphatic carbocycles. The second kappa shape index (κ2) is 6.98. The van der Waals surface area contributed by atoms with Crippen molar-refractivity contribution in [2.24, 2.45) is 11.8 Å². The Bertz CT molecular complexity index is 750. The van der Waals surface area contributed by atoms with Crippen molar-refractivity contribution in [3.63, 3.8) is 0 Å². The first-order valence-corrected chi connectivity index (χ1v) is 11.1. The number of fused-ring (bicyclic) bond motifs is 2. The minimum absolute atomic E-state index is 0.337. The number of rotatable bonds is 3. The van der Waals surface area contributed by atoms with Crippen molar-refractivity contribution >= 4 is 16.2 Å². The van der Waals surface area contributed by atoms with Gasteiger partial charge in [-0.15, -0.1) is 0 Å². The fourth-order valence-electron chi connectivity index (χ4n) is 4.81. The summed E-state index contributed by atoms with van der Waals surface area (Å²) in [6.07, 6.45) is 8.98. The molecule has 2 atom stereocenters. The molecule has 7 nitrogen and oxygen atoms in total. The van der Waals surface area contributed by atoms with Crippen LogP contribution in [-0.2, 0) is 10.2 Å². The first kappa shape index (κ1) is 18.0. The number of allylic oxidation sites excluding steroid dienone is 4. The number of nitrogens with zero attached hydrogens (tertiary/aromatic N) is 2. The van der Waals surface area contributed by atoms with Crippen LogP contribution in [0.15, 0.2) is 22.9 Å². The molecule has 0 aromatic carbocycles. The second-order valence-electron chi connectivity index (χ2n) is 7.90. The van der Waals surface area contributed by atoms with Crippen molar-refractivity contribution in [2.75, 3.05) is 33.2 Å². The van der Waals surface area contributed by atoms with E-state index in [1.54, 1.807) is 0 Å². The van der Waals surface area contributed by atoms with Gasteiger partial charge in [-0.2, -0.15) is 12.7 Å². The van der Waals surface area contributed by atoms with Crippen molar-refractivity contribution in [3.05, 3.63) is 22.9 Å².